The zero-order chi connectivity index (χ0) is 20.4. The summed E-state index contributed by atoms with van der Waals surface area (Å²) in [5.41, 5.74) is 4.92. The van der Waals surface area contributed by atoms with E-state index in [1.165, 1.54) is 0 Å². The summed E-state index contributed by atoms with van der Waals surface area (Å²) in [6.45, 7) is 8.22. The summed E-state index contributed by atoms with van der Waals surface area (Å²) in [5.74, 6) is -0.220. The highest BCUT2D eigenvalue weighted by molar-refractivity contribution is 6.32. The molecule has 3 aromatic rings. The van der Waals surface area contributed by atoms with Gasteiger partial charge in [-0.2, -0.15) is 0 Å². The van der Waals surface area contributed by atoms with Crippen molar-refractivity contribution in [1.82, 2.24) is 9.55 Å². The molecular weight excluding hydrogens is 374 g/mol. The van der Waals surface area contributed by atoms with E-state index in [1.807, 2.05) is 32.9 Å². The minimum Gasteiger partial charge on any atom is -0.321 e. The largest absolute Gasteiger partial charge is 0.321 e. The Morgan fingerprint density at radius 1 is 1.14 bits per heavy atom. The molecule has 6 heteroatoms. The summed E-state index contributed by atoms with van der Waals surface area (Å²) in [6, 6.07) is 9.05. The molecule has 0 atom stereocenters. The number of hydrogen-bond donors (Lipinski definition) is 1. The Bertz CT molecular complexity index is 1120. The second-order valence-corrected chi connectivity index (χ2v) is 7.08. The average Bonchev–Trinajstić information content (AvgIpc) is 2.69. The Morgan fingerprint density at radius 3 is 2.54 bits per heavy atom. The van der Waals surface area contributed by atoms with Gasteiger partial charge in [-0.05, 0) is 62.1 Å². The van der Waals surface area contributed by atoms with Crippen LogP contribution in [0.2, 0.25) is 5.02 Å². The lowest BCUT2D eigenvalue weighted by molar-refractivity contribution is 0.102. The summed E-state index contributed by atoms with van der Waals surface area (Å²) >= 11 is 6.34. The Morgan fingerprint density at radius 2 is 1.89 bits per heavy atom. The van der Waals surface area contributed by atoms with Gasteiger partial charge in [0.2, 0.25) is 0 Å². The van der Waals surface area contributed by atoms with Gasteiger partial charge in [-0.25, -0.2) is 4.98 Å². The molecule has 0 radical (unpaired) electrons. The first kappa shape index (κ1) is 20.1. The van der Waals surface area contributed by atoms with Crippen LogP contribution in [0.5, 0.6) is 0 Å². The van der Waals surface area contributed by atoms with Crippen molar-refractivity contribution in [1.29, 1.82) is 0 Å². The van der Waals surface area contributed by atoms with Crippen LogP contribution in [-0.2, 0) is 19.4 Å². The number of nitrogens with one attached hydrogen (secondary N) is 1. The molecular formula is C22H24ClN3O2. The van der Waals surface area contributed by atoms with Crippen LogP contribution >= 0.6 is 11.6 Å². The van der Waals surface area contributed by atoms with Gasteiger partial charge < -0.3 is 9.88 Å². The molecule has 0 aliphatic carbocycles. The molecule has 1 heterocycles. The molecule has 0 spiro atoms. The van der Waals surface area contributed by atoms with Crippen molar-refractivity contribution in [2.45, 2.75) is 47.1 Å². The minimum absolute atomic E-state index is 0.105. The van der Waals surface area contributed by atoms with Gasteiger partial charge in [-0.15, -0.1) is 0 Å². The highest BCUT2D eigenvalue weighted by Gasteiger charge is 2.16. The van der Waals surface area contributed by atoms with E-state index < -0.39 is 0 Å². The Labute approximate surface area is 169 Å². The smallest absolute Gasteiger partial charge is 0.272 e. The summed E-state index contributed by atoms with van der Waals surface area (Å²) in [4.78, 5) is 29.6. The number of aryl methyl sites for hydroxylation is 3. The molecule has 0 unspecified atom stereocenters. The van der Waals surface area contributed by atoms with E-state index >= 15 is 0 Å². The Balaban J connectivity index is 2.05. The summed E-state index contributed by atoms with van der Waals surface area (Å²) in [5, 5.41) is 3.69. The van der Waals surface area contributed by atoms with E-state index in [2.05, 4.69) is 10.3 Å². The quantitative estimate of drug-likeness (QED) is 0.675. The maximum Gasteiger partial charge on any atom is 0.272 e. The number of aromatic nitrogens is 2. The molecule has 28 heavy (non-hydrogen) atoms. The topological polar surface area (TPSA) is 64.0 Å². The van der Waals surface area contributed by atoms with Crippen molar-refractivity contribution in [3.8, 4) is 0 Å². The van der Waals surface area contributed by atoms with Gasteiger partial charge in [0.1, 0.15) is 5.69 Å². The lowest BCUT2D eigenvalue weighted by atomic mass is 10.0. The second kappa shape index (κ2) is 8.15. The fourth-order valence-electron chi connectivity index (χ4n) is 3.48. The van der Waals surface area contributed by atoms with Crippen LogP contribution in [-0.4, -0.2) is 15.5 Å². The fourth-order valence-corrected chi connectivity index (χ4v) is 3.77. The fraction of sp³-hybridized carbons (Fsp3) is 0.318. The number of nitrogens with zero attached hydrogens (tertiary/aromatic N) is 2. The molecule has 0 saturated heterocycles. The molecule has 0 aliphatic heterocycles. The SMILES string of the molecule is CCc1ccc(Cl)c(CC)c1NC(=O)c1ccc2c(c1)nc(C)c(=O)n2CC. The summed E-state index contributed by atoms with van der Waals surface area (Å²) in [7, 11) is 0. The average molecular weight is 398 g/mol. The van der Waals surface area contributed by atoms with Crippen LogP contribution < -0.4 is 10.9 Å². The first-order valence-electron chi connectivity index (χ1n) is 9.54. The number of hydrogen-bond acceptors (Lipinski definition) is 3. The van der Waals surface area contributed by atoms with Crippen molar-refractivity contribution in [2.75, 3.05) is 5.32 Å². The number of carbonyl (C=O) groups excluding carboxylic acids is 1. The molecule has 3 rings (SSSR count). The molecule has 0 aliphatic rings. The summed E-state index contributed by atoms with van der Waals surface area (Å²) in [6.07, 6.45) is 1.52. The number of benzene rings is 2. The Kier molecular flexibility index (Phi) is 5.84. The van der Waals surface area contributed by atoms with Crippen molar-refractivity contribution in [3.05, 3.63) is 68.1 Å². The highest BCUT2D eigenvalue weighted by atomic mass is 35.5. The number of rotatable bonds is 5. The van der Waals surface area contributed by atoms with Crippen LogP contribution in [0.1, 0.15) is 48.0 Å². The van der Waals surface area contributed by atoms with Gasteiger partial charge in [-0.1, -0.05) is 31.5 Å². The van der Waals surface area contributed by atoms with Crippen LogP contribution in [0.15, 0.2) is 35.1 Å². The monoisotopic (exact) mass is 397 g/mol. The zero-order valence-corrected chi connectivity index (χ0v) is 17.4. The third-order valence-corrected chi connectivity index (χ3v) is 5.36. The number of fused-ring (bicyclic) bond motifs is 1. The zero-order valence-electron chi connectivity index (χ0n) is 16.6. The predicted octanol–water partition coefficient (Wildman–Crippen LogP) is 4.76. The minimum atomic E-state index is -0.220. The maximum absolute atomic E-state index is 13.0. The second-order valence-electron chi connectivity index (χ2n) is 6.67. The van der Waals surface area contributed by atoms with E-state index in [0.29, 0.717) is 28.3 Å². The molecule has 146 valence electrons. The van der Waals surface area contributed by atoms with E-state index in [9.17, 15) is 9.59 Å². The standard InChI is InChI=1S/C22H24ClN3O2/c1-5-14-8-10-17(23)16(6-2)20(14)25-21(27)15-9-11-19-18(12-15)24-13(4)22(28)26(19)7-3/h8-12H,5-7H2,1-4H3,(H,25,27). The molecule has 1 N–H and O–H groups in total. The van der Waals surface area contributed by atoms with Gasteiger partial charge >= 0.3 is 0 Å². The molecule has 0 saturated carbocycles. The lowest BCUT2D eigenvalue weighted by Crippen LogP contribution is -2.23. The normalized spacial score (nSPS) is 11.0. The molecule has 1 aromatic heterocycles. The van der Waals surface area contributed by atoms with Gasteiger partial charge in [0.05, 0.1) is 11.0 Å². The van der Waals surface area contributed by atoms with Gasteiger partial charge in [0.15, 0.2) is 0 Å². The number of anilines is 1. The van der Waals surface area contributed by atoms with Gasteiger partial charge in [0.25, 0.3) is 11.5 Å². The molecule has 0 bridgehead atoms. The third-order valence-electron chi connectivity index (χ3n) is 5.00. The number of amides is 1. The maximum atomic E-state index is 13.0. The molecule has 2 aromatic carbocycles. The van der Waals surface area contributed by atoms with Gasteiger partial charge in [0, 0.05) is 22.8 Å². The third kappa shape index (κ3) is 3.54. The number of carbonyl (C=O) groups is 1. The first-order valence-corrected chi connectivity index (χ1v) is 9.91. The van der Waals surface area contributed by atoms with Crippen LogP contribution in [0.3, 0.4) is 0 Å². The van der Waals surface area contributed by atoms with Crippen molar-refractivity contribution >= 4 is 34.2 Å². The van der Waals surface area contributed by atoms with Gasteiger partial charge in [-0.3, -0.25) is 9.59 Å². The van der Waals surface area contributed by atoms with E-state index in [1.54, 1.807) is 29.7 Å². The first-order chi connectivity index (χ1) is 13.4. The Hall–Kier alpha value is -2.66. The molecule has 0 fully saturated rings. The van der Waals surface area contributed by atoms with Crippen LogP contribution in [0.25, 0.3) is 11.0 Å². The highest BCUT2D eigenvalue weighted by Crippen LogP contribution is 2.30. The van der Waals surface area contributed by atoms with E-state index in [4.69, 9.17) is 11.6 Å². The van der Waals surface area contributed by atoms with Crippen molar-refractivity contribution in [3.63, 3.8) is 0 Å². The number of halogens is 1. The van der Waals surface area contributed by atoms with E-state index in [0.717, 1.165) is 35.2 Å². The lowest BCUT2D eigenvalue weighted by Gasteiger charge is -2.16. The van der Waals surface area contributed by atoms with Crippen molar-refractivity contribution < 1.29 is 4.79 Å². The van der Waals surface area contributed by atoms with Crippen LogP contribution in [0.4, 0.5) is 5.69 Å². The molecule has 1 amide bonds. The summed E-state index contributed by atoms with van der Waals surface area (Å²) < 4.78 is 1.67. The van der Waals surface area contributed by atoms with Crippen molar-refractivity contribution in [2.24, 2.45) is 0 Å². The van der Waals surface area contributed by atoms with E-state index in [-0.39, 0.29) is 11.5 Å². The molecule has 5 nitrogen and oxygen atoms in total. The predicted molar refractivity (Wildman–Crippen MR) is 115 cm³/mol. The van der Waals surface area contributed by atoms with Crippen LogP contribution in [0, 0.1) is 6.92 Å².